The van der Waals surface area contributed by atoms with Crippen molar-refractivity contribution in [2.24, 2.45) is 0 Å². The van der Waals surface area contributed by atoms with Crippen LogP contribution in [0, 0.1) is 10.1 Å². The number of carbonyl (C=O) groups is 2. The number of hydrogen-bond donors (Lipinski definition) is 1. The quantitative estimate of drug-likeness (QED) is 0.406. The van der Waals surface area contributed by atoms with Crippen LogP contribution in [-0.4, -0.2) is 36.5 Å². The number of nitro groups is 1. The molecule has 148 valence electrons. The Morgan fingerprint density at radius 2 is 1.79 bits per heavy atom. The topological polar surface area (TPSA) is 102 Å². The van der Waals surface area contributed by atoms with E-state index < -0.39 is 23.4 Å². The third-order valence-corrected chi connectivity index (χ3v) is 4.23. The fourth-order valence-corrected chi connectivity index (χ4v) is 2.74. The highest BCUT2D eigenvalue weighted by Crippen LogP contribution is 2.27. The number of benzene rings is 2. The number of nitrogens with one attached hydrogen (secondary N) is 1. The molecule has 0 heterocycles. The zero-order valence-electron chi connectivity index (χ0n) is 15.5. The fourth-order valence-electron chi connectivity index (χ4n) is 2.57. The standard InChI is InChI=1S/C19H20ClN3O5/c1-3-22(4-2)15-8-5-13(6-9-15)19(25)28-12-18(24)21-16-11-14(20)7-10-17(16)23(26)27/h5-11H,3-4,12H2,1-2H3,(H,21,24). The second-order valence-electron chi connectivity index (χ2n) is 5.76. The Hall–Kier alpha value is -3.13. The van der Waals surface area contributed by atoms with Crippen LogP contribution in [0.5, 0.6) is 0 Å². The third-order valence-electron chi connectivity index (χ3n) is 4.00. The molecule has 0 saturated carbocycles. The van der Waals surface area contributed by atoms with Crippen molar-refractivity contribution in [1.29, 1.82) is 0 Å². The molecule has 0 radical (unpaired) electrons. The van der Waals surface area contributed by atoms with Gasteiger partial charge in [0.15, 0.2) is 6.61 Å². The highest BCUT2D eigenvalue weighted by Gasteiger charge is 2.17. The van der Waals surface area contributed by atoms with E-state index in [1.54, 1.807) is 24.3 Å². The van der Waals surface area contributed by atoms with Crippen LogP contribution < -0.4 is 10.2 Å². The molecule has 0 unspecified atom stereocenters. The number of rotatable bonds is 8. The van der Waals surface area contributed by atoms with Crippen LogP contribution in [0.3, 0.4) is 0 Å². The summed E-state index contributed by atoms with van der Waals surface area (Å²) in [7, 11) is 0. The first kappa shape index (κ1) is 21.2. The van der Waals surface area contributed by atoms with Gasteiger partial charge in [-0.05, 0) is 50.2 Å². The van der Waals surface area contributed by atoms with Gasteiger partial charge < -0.3 is 15.0 Å². The minimum atomic E-state index is -0.710. The van der Waals surface area contributed by atoms with E-state index >= 15 is 0 Å². The lowest BCUT2D eigenvalue weighted by Crippen LogP contribution is -2.22. The largest absolute Gasteiger partial charge is 0.452 e. The van der Waals surface area contributed by atoms with Gasteiger partial charge in [-0.25, -0.2) is 4.79 Å². The lowest BCUT2D eigenvalue weighted by Gasteiger charge is -2.20. The SMILES string of the molecule is CCN(CC)c1ccc(C(=O)OCC(=O)Nc2cc(Cl)ccc2[N+](=O)[O-])cc1. The highest BCUT2D eigenvalue weighted by atomic mass is 35.5. The van der Waals surface area contributed by atoms with Crippen LogP contribution in [0.1, 0.15) is 24.2 Å². The van der Waals surface area contributed by atoms with Crippen LogP contribution in [0.15, 0.2) is 42.5 Å². The van der Waals surface area contributed by atoms with Crippen LogP contribution in [0.4, 0.5) is 17.1 Å². The van der Waals surface area contributed by atoms with Crippen molar-refractivity contribution in [3.8, 4) is 0 Å². The van der Waals surface area contributed by atoms with Gasteiger partial charge in [-0.3, -0.25) is 14.9 Å². The Morgan fingerprint density at radius 1 is 1.14 bits per heavy atom. The summed E-state index contributed by atoms with van der Waals surface area (Å²) in [5.41, 5.74) is 0.906. The Bertz CT molecular complexity index is 866. The van der Waals surface area contributed by atoms with Gasteiger partial charge in [0, 0.05) is 29.9 Å². The van der Waals surface area contributed by atoms with Crippen molar-refractivity contribution < 1.29 is 19.2 Å². The summed E-state index contributed by atoms with van der Waals surface area (Å²) >= 11 is 5.81. The van der Waals surface area contributed by atoms with Crippen molar-refractivity contribution in [2.75, 3.05) is 29.9 Å². The van der Waals surface area contributed by atoms with Crippen molar-refractivity contribution in [3.05, 3.63) is 63.2 Å². The van der Waals surface area contributed by atoms with E-state index in [2.05, 4.69) is 10.2 Å². The summed E-state index contributed by atoms with van der Waals surface area (Å²) in [5, 5.41) is 13.6. The van der Waals surface area contributed by atoms with Crippen LogP contribution in [0.25, 0.3) is 0 Å². The minimum Gasteiger partial charge on any atom is -0.452 e. The fraction of sp³-hybridized carbons (Fsp3) is 0.263. The molecule has 2 rings (SSSR count). The lowest BCUT2D eigenvalue weighted by molar-refractivity contribution is -0.383. The zero-order chi connectivity index (χ0) is 20.7. The van der Waals surface area contributed by atoms with E-state index in [0.717, 1.165) is 18.8 Å². The van der Waals surface area contributed by atoms with E-state index in [1.807, 2.05) is 13.8 Å². The molecule has 0 bridgehead atoms. The molecule has 28 heavy (non-hydrogen) atoms. The first-order valence-corrected chi connectivity index (χ1v) is 8.99. The number of halogens is 1. The molecule has 0 aliphatic heterocycles. The van der Waals surface area contributed by atoms with E-state index in [9.17, 15) is 19.7 Å². The summed E-state index contributed by atoms with van der Waals surface area (Å²) in [6, 6.07) is 10.6. The molecule has 2 aromatic carbocycles. The minimum absolute atomic E-state index is 0.0675. The molecule has 0 aliphatic carbocycles. The van der Waals surface area contributed by atoms with Crippen molar-refractivity contribution in [1.82, 2.24) is 0 Å². The molecule has 2 aromatic rings. The summed E-state index contributed by atoms with van der Waals surface area (Å²) in [5.74, 6) is -1.37. The molecule has 9 heteroatoms. The van der Waals surface area contributed by atoms with Gasteiger partial charge in [-0.2, -0.15) is 0 Å². The Kier molecular flexibility index (Phi) is 7.34. The maximum Gasteiger partial charge on any atom is 0.338 e. The number of nitrogens with zero attached hydrogens (tertiary/aromatic N) is 2. The number of nitro benzene ring substituents is 1. The lowest BCUT2D eigenvalue weighted by atomic mass is 10.2. The summed E-state index contributed by atoms with van der Waals surface area (Å²) in [6.07, 6.45) is 0. The van der Waals surface area contributed by atoms with E-state index in [4.69, 9.17) is 16.3 Å². The van der Waals surface area contributed by atoms with E-state index in [1.165, 1.54) is 18.2 Å². The average Bonchev–Trinajstić information content (AvgIpc) is 2.67. The Balaban J connectivity index is 1.97. The van der Waals surface area contributed by atoms with Gasteiger partial charge in [-0.1, -0.05) is 11.6 Å². The van der Waals surface area contributed by atoms with Gasteiger partial charge in [-0.15, -0.1) is 0 Å². The first-order valence-electron chi connectivity index (χ1n) is 8.61. The summed E-state index contributed by atoms with van der Waals surface area (Å²) < 4.78 is 4.98. The molecule has 1 N–H and O–H groups in total. The Labute approximate surface area is 167 Å². The molecule has 0 spiro atoms. The molecule has 0 saturated heterocycles. The van der Waals surface area contributed by atoms with E-state index in [0.29, 0.717) is 5.56 Å². The number of carbonyl (C=O) groups excluding carboxylic acids is 2. The summed E-state index contributed by atoms with van der Waals surface area (Å²) in [6.45, 7) is 5.18. The second kappa shape index (κ2) is 9.70. The predicted octanol–water partition coefficient (Wildman–Crippen LogP) is 3.89. The third kappa shape index (κ3) is 5.43. The molecular weight excluding hydrogens is 386 g/mol. The van der Waals surface area contributed by atoms with E-state index in [-0.39, 0.29) is 16.4 Å². The zero-order valence-corrected chi connectivity index (χ0v) is 16.2. The maximum atomic E-state index is 12.1. The van der Waals surface area contributed by atoms with Crippen molar-refractivity contribution in [3.63, 3.8) is 0 Å². The number of ether oxygens (including phenoxy) is 1. The Morgan fingerprint density at radius 3 is 2.36 bits per heavy atom. The molecule has 0 aromatic heterocycles. The first-order chi connectivity index (χ1) is 13.3. The molecule has 1 amide bonds. The number of amides is 1. The van der Waals surface area contributed by atoms with Crippen LogP contribution in [-0.2, 0) is 9.53 Å². The van der Waals surface area contributed by atoms with Gasteiger partial charge in [0.2, 0.25) is 0 Å². The van der Waals surface area contributed by atoms with Gasteiger partial charge >= 0.3 is 5.97 Å². The molecular formula is C19H20ClN3O5. The normalized spacial score (nSPS) is 10.2. The smallest absolute Gasteiger partial charge is 0.338 e. The molecule has 0 aliphatic rings. The van der Waals surface area contributed by atoms with Crippen molar-refractivity contribution >= 4 is 40.5 Å². The summed E-state index contributed by atoms with van der Waals surface area (Å²) in [4.78, 5) is 36.6. The monoisotopic (exact) mass is 405 g/mol. The number of esters is 1. The average molecular weight is 406 g/mol. The van der Waals surface area contributed by atoms with Crippen LogP contribution in [0.2, 0.25) is 5.02 Å². The second-order valence-corrected chi connectivity index (χ2v) is 6.20. The predicted molar refractivity (Wildman–Crippen MR) is 107 cm³/mol. The maximum absolute atomic E-state index is 12.1. The van der Waals surface area contributed by atoms with Gasteiger partial charge in [0.1, 0.15) is 5.69 Å². The van der Waals surface area contributed by atoms with Crippen molar-refractivity contribution in [2.45, 2.75) is 13.8 Å². The van der Waals surface area contributed by atoms with Gasteiger partial charge in [0.25, 0.3) is 11.6 Å². The highest BCUT2D eigenvalue weighted by molar-refractivity contribution is 6.31. The molecule has 0 atom stereocenters. The van der Waals surface area contributed by atoms with Gasteiger partial charge in [0.05, 0.1) is 10.5 Å². The number of anilines is 2. The molecule has 8 nitrogen and oxygen atoms in total. The molecule has 0 fully saturated rings. The van der Waals surface area contributed by atoms with Crippen LogP contribution >= 0.6 is 11.6 Å². The number of hydrogen-bond acceptors (Lipinski definition) is 6.